The molecule has 7 nitrogen and oxygen atoms in total. The third kappa shape index (κ3) is 3.92. The van der Waals surface area contributed by atoms with Crippen LogP contribution in [0.2, 0.25) is 0 Å². The fourth-order valence-electron chi connectivity index (χ4n) is 2.32. The molecule has 1 aliphatic rings. The summed E-state index contributed by atoms with van der Waals surface area (Å²) in [6.45, 7) is 9.37. The second kappa shape index (κ2) is 6.58. The van der Waals surface area contributed by atoms with Crippen LogP contribution in [-0.2, 0) is 0 Å². The first-order valence-corrected chi connectivity index (χ1v) is 7.55. The van der Waals surface area contributed by atoms with E-state index >= 15 is 0 Å². The minimum Gasteiger partial charge on any atom is -0.391 e. The summed E-state index contributed by atoms with van der Waals surface area (Å²) in [4.78, 5) is 24.2. The minimum absolute atomic E-state index is 0.138. The SMILES string of the molecule is CC(C)(C)C(O)CN1CCN(C(=O)c2nccnc2N)CC1. The van der Waals surface area contributed by atoms with Crippen molar-refractivity contribution in [1.29, 1.82) is 0 Å². The van der Waals surface area contributed by atoms with Crippen LogP contribution < -0.4 is 5.73 Å². The van der Waals surface area contributed by atoms with Gasteiger partial charge in [-0.15, -0.1) is 0 Å². The van der Waals surface area contributed by atoms with Gasteiger partial charge in [0.25, 0.3) is 5.91 Å². The number of hydrogen-bond acceptors (Lipinski definition) is 6. The number of carbonyl (C=O) groups is 1. The van der Waals surface area contributed by atoms with Crippen molar-refractivity contribution >= 4 is 11.7 Å². The summed E-state index contributed by atoms with van der Waals surface area (Å²) in [6, 6.07) is 0. The highest BCUT2D eigenvalue weighted by molar-refractivity contribution is 5.96. The molecule has 0 bridgehead atoms. The molecule has 3 N–H and O–H groups in total. The van der Waals surface area contributed by atoms with Crippen LogP contribution >= 0.6 is 0 Å². The van der Waals surface area contributed by atoms with E-state index < -0.39 is 0 Å². The number of anilines is 1. The van der Waals surface area contributed by atoms with Crippen LogP contribution in [0, 0.1) is 5.41 Å². The number of amides is 1. The zero-order chi connectivity index (χ0) is 16.3. The van der Waals surface area contributed by atoms with Gasteiger partial charge in [-0.05, 0) is 5.41 Å². The van der Waals surface area contributed by atoms with Gasteiger partial charge in [0.2, 0.25) is 0 Å². The molecule has 1 saturated heterocycles. The summed E-state index contributed by atoms with van der Waals surface area (Å²) in [5, 5.41) is 10.2. The number of rotatable bonds is 3. The van der Waals surface area contributed by atoms with Crippen LogP contribution in [0.1, 0.15) is 31.3 Å². The molecule has 1 amide bonds. The van der Waals surface area contributed by atoms with E-state index in [2.05, 4.69) is 14.9 Å². The Morgan fingerprint density at radius 3 is 2.41 bits per heavy atom. The number of β-amino-alcohol motifs (C(OH)–C–C–N with tert-alkyl or cyclic N) is 1. The number of nitrogens with two attached hydrogens (primary N) is 1. The van der Waals surface area contributed by atoms with Crippen molar-refractivity contribution in [2.24, 2.45) is 5.41 Å². The quantitative estimate of drug-likeness (QED) is 0.829. The molecule has 1 aliphatic heterocycles. The molecule has 0 spiro atoms. The van der Waals surface area contributed by atoms with Gasteiger partial charge in [0.15, 0.2) is 11.5 Å². The van der Waals surface area contributed by atoms with Gasteiger partial charge in [-0.3, -0.25) is 9.69 Å². The largest absolute Gasteiger partial charge is 0.391 e. The zero-order valence-electron chi connectivity index (χ0n) is 13.5. The molecule has 1 atom stereocenters. The molecule has 0 saturated carbocycles. The number of aliphatic hydroxyl groups excluding tert-OH is 1. The van der Waals surface area contributed by atoms with E-state index in [1.165, 1.54) is 12.4 Å². The van der Waals surface area contributed by atoms with Crippen molar-refractivity contribution in [2.45, 2.75) is 26.9 Å². The molecule has 22 heavy (non-hydrogen) atoms. The summed E-state index contributed by atoms with van der Waals surface area (Å²) >= 11 is 0. The highest BCUT2D eigenvalue weighted by atomic mass is 16.3. The van der Waals surface area contributed by atoms with Crippen molar-refractivity contribution in [3.63, 3.8) is 0 Å². The van der Waals surface area contributed by atoms with Gasteiger partial charge < -0.3 is 15.7 Å². The van der Waals surface area contributed by atoms with E-state index in [4.69, 9.17) is 5.73 Å². The van der Waals surface area contributed by atoms with E-state index in [1.54, 1.807) is 4.90 Å². The van der Waals surface area contributed by atoms with Crippen LogP contribution in [0.5, 0.6) is 0 Å². The van der Waals surface area contributed by atoms with Crippen LogP contribution in [0.15, 0.2) is 12.4 Å². The van der Waals surface area contributed by atoms with Crippen LogP contribution in [-0.4, -0.2) is 69.6 Å². The van der Waals surface area contributed by atoms with E-state index in [1.807, 2.05) is 20.8 Å². The van der Waals surface area contributed by atoms with Gasteiger partial charge in [0.1, 0.15) is 0 Å². The molecular weight excluding hydrogens is 282 g/mol. The lowest BCUT2D eigenvalue weighted by atomic mass is 9.89. The third-order valence-corrected chi connectivity index (χ3v) is 4.02. The normalized spacial score (nSPS) is 18.3. The molecule has 0 radical (unpaired) electrons. The maximum absolute atomic E-state index is 12.4. The smallest absolute Gasteiger partial charge is 0.276 e. The molecule has 7 heteroatoms. The molecular formula is C15H25N5O2. The lowest BCUT2D eigenvalue weighted by Gasteiger charge is -2.37. The average Bonchev–Trinajstić information content (AvgIpc) is 2.47. The first kappa shape index (κ1) is 16.6. The molecule has 2 heterocycles. The molecule has 0 aliphatic carbocycles. The summed E-state index contributed by atoms with van der Waals surface area (Å²) < 4.78 is 0. The highest BCUT2D eigenvalue weighted by Gasteiger charge is 2.28. The van der Waals surface area contributed by atoms with Crippen LogP contribution in [0.25, 0.3) is 0 Å². The predicted molar refractivity (Wildman–Crippen MR) is 84.2 cm³/mol. The standard InChI is InChI=1S/C15H25N5O2/c1-15(2,3)11(21)10-19-6-8-20(9-7-19)14(22)12-13(16)18-5-4-17-12/h4-5,11,21H,6-10H2,1-3H3,(H2,16,18). The number of piperazine rings is 1. The second-order valence-electron chi connectivity index (χ2n) is 6.76. The Bertz CT molecular complexity index is 521. The molecule has 0 aromatic carbocycles. The van der Waals surface area contributed by atoms with E-state index in [0.717, 1.165) is 13.1 Å². The number of aromatic nitrogens is 2. The van der Waals surface area contributed by atoms with Gasteiger partial charge in [-0.2, -0.15) is 0 Å². The zero-order valence-corrected chi connectivity index (χ0v) is 13.5. The number of nitrogens with zero attached hydrogens (tertiary/aromatic N) is 4. The average molecular weight is 307 g/mol. The van der Waals surface area contributed by atoms with E-state index in [-0.39, 0.29) is 28.9 Å². The van der Waals surface area contributed by atoms with Crippen molar-refractivity contribution < 1.29 is 9.90 Å². The summed E-state index contributed by atoms with van der Waals surface area (Å²) in [5.41, 5.74) is 5.78. The maximum Gasteiger partial charge on any atom is 0.276 e. The predicted octanol–water partition coefficient (Wildman–Crippen LogP) is 0.224. The van der Waals surface area contributed by atoms with Gasteiger partial charge in [0.05, 0.1) is 6.10 Å². The topological polar surface area (TPSA) is 95.6 Å². The van der Waals surface area contributed by atoms with Crippen molar-refractivity contribution in [2.75, 3.05) is 38.5 Å². The Labute approximate surface area is 131 Å². The molecule has 1 unspecified atom stereocenters. The summed E-state index contributed by atoms with van der Waals surface area (Å²) in [7, 11) is 0. The number of hydrogen-bond donors (Lipinski definition) is 2. The minimum atomic E-state index is -0.384. The van der Waals surface area contributed by atoms with Crippen LogP contribution in [0.4, 0.5) is 5.82 Å². The highest BCUT2D eigenvalue weighted by Crippen LogP contribution is 2.20. The van der Waals surface area contributed by atoms with Gasteiger partial charge in [-0.25, -0.2) is 9.97 Å². The molecule has 122 valence electrons. The fraction of sp³-hybridized carbons (Fsp3) is 0.667. The van der Waals surface area contributed by atoms with E-state index in [0.29, 0.717) is 19.6 Å². The maximum atomic E-state index is 12.4. The molecule has 1 aromatic rings. The lowest BCUT2D eigenvalue weighted by Crippen LogP contribution is -2.51. The van der Waals surface area contributed by atoms with Crippen LogP contribution in [0.3, 0.4) is 0 Å². The van der Waals surface area contributed by atoms with Crippen molar-refractivity contribution in [3.05, 3.63) is 18.1 Å². The lowest BCUT2D eigenvalue weighted by molar-refractivity contribution is 0.0136. The second-order valence-corrected chi connectivity index (χ2v) is 6.76. The fourth-order valence-corrected chi connectivity index (χ4v) is 2.32. The number of carbonyl (C=O) groups excluding carboxylic acids is 1. The Hall–Kier alpha value is -1.73. The third-order valence-electron chi connectivity index (χ3n) is 4.02. The van der Waals surface area contributed by atoms with Gasteiger partial charge in [0, 0.05) is 45.1 Å². The van der Waals surface area contributed by atoms with E-state index in [9.17, 15) is 9.90 Å². The Morgan fingerprint density at radius 1 is 1.27 bits per heavy atom. The summed E-state index contributed by atoms with van der Waals surface area (Å²) in [5.74, 6) is -0.0142. The number of nitrogen functional groups attached to an aromatic ring is 1. The monoisotopic (exact) mass is 307 g/mol. The first-order valence-electron chi connectivity index (χ1n) is 7.55. The summed E-state index contributed by atoms with van der Waals surface area (Å²) in [6.07, 6.45) is 2.56. The molecule has 1 aromatic heterocycles. The van der Waals surface area contributed by atoms with Crippen molar-refractivity contribution in [3.8, 4) is 0 Å². The molecule has 1 fully saturated rings. The number of aliphatic hydroxyl groups is 1. The Balaban J connectivity index is 1.90. The Morgan fingerprint density at radius 2 is 1.86 bits per heavy atom. The van der Waals surface area contributed by atoms with Gasteiger partial charge in [-0.1, -0.05) is 20.8 Å². The molecule has 2 rings (SSSR count). The first-order chi connectivity index (χ1) is 10.3. The van der Waals surface area contributed by atoms with Crippen molar-refractivity contribution in [1.82, 2.24) is 19.8 Å². The Kier molecular flexibility index (Phi) is 4.97. The van der Waals surface area contributed by atoms with Gasteiger partial charge >= 0.3 is 0 Å².